The van der Waals surface area contributed by atoms with Gasteiger partial charge in [0.1, 0.15) is 18.3 Å². The maximum Gasteiger partial charge on any atom is 0.241 e. The second kappa shape index (κ2) is 14.7. The highest BCUT2D eigenvalue weighted by molar-refractivity contribution is 7.89. The number of hydrogen-bond donors (Lipinski definition) is 4. The van der Waals surface area contributed by atoms with Crippen LogP contribution in [0, 0.1) is 5.92 Å². The van der Waals surface area contributed by atoms with E-state index in [1.807, 2.05) is 23.1 Å². The van der Waals surface area contributed by atoms with Crippen LogP contribution in [-0.4, -0.2) is 93.0 Å². The van der Waals surface area contributed by atoms with Crippen molar-refractivity contribution < 1.29 is 22.8 Å². The monoisotopic (exact) mass is 619 g/mol. The number of halogens is 1. The number of nitrogens with zero attached hydrogens (tertiary/aromatic N) is 3. The number of rotatable bonds is 14. The third-order valence-electron chi connectivity index (χ3n) is 7.45. The van der Waals surface area contributed by atoms with E-state index in [1.165, 1.54) is 6.07 Å². The summed E-state index contributed by atoms with van der Waals surface area (Å²) in [5, 5.41) is 10.7. The van der Waals surface area contributed by atoms with Gasteiger partial charge in [0.15, 0.2) is 0 Å². The van der Waals surface area contributed by atoms with Crippen LogP contribution in [0.25, 0.3) is 10.8 Å². The third-order valence-corrected chi connectivity index (χ3v) is 9.16. The van der Waals surface area contributed by atoms with Crippen molar-refractivity contribution in [3.05, 3.63) is 42.5 Å². The predicted octanol–water partition coefficient (Wildman–Crippen LogP) is 0.953. The third kappa shape index (κ3) is 8.79. The Balaban J connectivity index is 1.49. The number of fused-ring (bicyclic) bond motifs is 1. The molecule has 2 atom stereocenters. The fraction of sp³-hybridized carbons (Fsp3) is 0.500. The van der Waals surface area contributed by atoms with Crippen LogP contribution in [0.4, 0.5) is 0 Å². The van der Waals surface area contributed by atoms with Gasteiger partial charge in [0.2, 0.25) is 27.7 Å². The lowest BCUT2D eigenvalue weighted by atomic mass is 9.98. The standard InChI is InChI=1S/C28H38ClN7O5S/c29-16-27(38)31-11-13-36(23-8-9-23)28(39)25(15-26(37)32-17-20-4-3-12-35(18-20)19-33-30)34-42(40,41)24-10-7-21-5-1-2-6-22(21)14-24/h1-2,5-7,10,14,19-20,23,25,34H,3-4,8-9,11-13,15-18,30H2,(H,31,38)(H,32,37)/t20-,25-/m0/s1. The Kier molecular flexibility index (Phi) is 11.0. The molecule has 2 fully saturated rings. The first-order valence-corrected chi connectivity index (χ1v) is 16.1. The van der Waals surface area contributed by atoms with E-state index in [9.17, 15) is 22.8 Å². The molecule has 1 aliphatic carbocycles. The fourth-order valence-electron chi connectivity index (χ4n) is 5.17. The Labute approximate surface area is 251 Å². The summed E-state index contributed by atoms with van der Waals surface area (Å²) < 4.78 is 29.5. The summed E-state index contributed by atoms with van der Waals surface area (Å²) in [5.74, 6) is 3.91. The Morgan fingerprint density at radius 2 is 1.86 bits per heavy atom. The average Bonchev–Trinajstić information content (AvgIpc) is 3.83. The number of likely N-dealkylation sites (tertiary alicyclic amines) is 1. The Morgan fingerprint density at radius 3 is 2.57 bits per heavy atom. The molecular formula is C28H38ClN7O5S. The second-order valence-electron chi connectivity index (χ2n) is 10.7. The molecule has 5 N–H and O–H groups in total. The van der Waals surface area contributed by atoms with E-state index in [4.69, 9.17) is 17.4 Å². The van der Waals surface area contributed by atoms with Crippen LogP contribution >= 0.6 is 11.6 Å². The van der Waals surface area contributed by atoms with Crippen molar-refractivity contribution in [3.63, 3.8) is 0 Å². The van der Waals surface area contributed by atoms with Gasteiger partial charge in [0.05, 0.1) is 11.3 Å². The second-order valence-corrected chi connectivity index (χ2v) is 12.7. The first-order valence-electron chi connectivity index (χ1n) is 14.1. The number of hydrazone groups is 1. The van der Waals surface area contributed by atoms with Crippen molar-refractivity contribution in [2.24, 2.45) is 16.9 Å². The fourth-order valence-corrected chi connectivity index (χ4v) is 6.49. The van der Waals surface area contributed by atoms with Crippen molar-refractivity contribution in [2.45, 2.75) is 49.1 Å². The van der Waals surface area contributed by atoms with Crippen LogP contribution in [-0.2, 0) is 24.4 Å². The molecule has 42 heavy (non-hydrogen) atoms. The van der Waals surface area contributed by atoms with Crippen LogP contribution in [0.2, 0.25) is 0 Å². The van der Waals surface area contributed by atoms with Gasteiger partial charge in [0.25, 0.3) is 0 Å². The molecule has 3 amide bonds. The number of hydrogen-bond acceptors (Lipinski definition) is 7. The smallest absolute Gasteiger partial charge is 0.241 e. The van der Waals surface area contributed by atoms with Crippen LogP contribution in [0.15, 0.2) is 52.5 Å². The zero-order valence-electron chi connectivity index (χ0n) is 23.4. The van der Waals surface area contributed by atoms with Gasteiger partial charge in [-0.05, 0) is 54.5 Å². The molecule has 0 bridgehead atoms. The highest BCUT2D eigenvalue weighted by atomic mass is 35.5. The molecule has 0 radical (unpaired) electrons. The molecule has 14 heteroatoms. The normalized spacial score (nSPS) is 18.1. The summed E-state index contributed by atoms with van der Waals surface area (Å²) in [6.45, 7) is 2.22. The summed E-state index contributed by atoms with van der Waals surface area (Å²) in [4.78, 5) is 42.0. The minimum atomic E-state index is -4.17. The zero-order valence-corrected chi connectivity index (χ0v) is 24.9. The zero-order chi connectivity index (χ0) is 30.1. The van der Waals surface area contributed by atoms with Crippen LogP contribution in [0.1, 0.15) is 32.1 Å². The maximum atomic E-state index is 13.8. The molecular weight excluding hydrogens is 582 g/mol. The van der Waals surface area contributed by atoms with Crippen molar-refractivity contribution in [3.8, 4) is 0 Å². The largest absolute Gasteiger partial charge is 0.361 e. The molecule has 4 rings (SSSR count). The highest BCUT2D eigenvalue weighted by Crippen LogP contribution is 2.28. The van der Waals surface area contributed by atoms with Gasteiger partial charge in [0, 0.05) is 38.8 Å². The Bertz CT molecular complexity index is 1400. The van der Waals surface area contributed by atoms with Crippen LogP contribution in [0.3, 0.4) is 0 Å². The number of amides is 3. The van der Waals surface area contributed by atoms with E-state index >= 15 is 0 Å². The molecule has 0 aromatic heterocycles. The quantitative estimate of drug-likeness (QED) is 0.0803. The van der Waals surface area contributed by atoms with Crippen molar-refractivity contribution in [1.29, 1.82) is 0 Å². The van der Waals surface area contributed by atoms with E-state index < -0.39 is 27.9 Å². The molecule has 2 aromatic rings. The lowest BCUT2D eigenvalue weighted by Gasteiger charge is -2.31. The number of carbonyl (C=O) groups is 3. The number of nitrogens with one attached hydrogen (secondary N) is 3. The molecule has 2 aliphatic rings. The topological polar surface area (TPSA) is 166 Å². The van der Waals surface area contributed by atoms with E-state index in [1.54, 1.807) is 29.4 Å². The molecule has 0 unspecified atom stereocenters. The average molecular weight is 620 g/mol. The van der Waals surface area contributed by atoms with Crippen molar-refractivity contribution in [1.82, 2.24) is 25.2 Å². The van der Waals surface area contributed by atoms with Gasteiger partial charge < -0.3 is 26.3 Å². The lowest BCUT2D eigenvalue weighted by molar-refractivity contribution is -0.136. The van der Waals surface area contributed by atoms with Crippen LogP contribution < -0.4 is 21.2 Å². The summed E-state index contributed by atoms with van der Waals surface area (Å²) >= 11 is 5.56. The van der Waals surface area contributed by atoms with Gasteiger partial charge >= 0.3 is 0 Å². The SMILES string of the molecule is NN=CN1CCC[C@@H](CNC(=O)C[C@H](NS(=O)(=O)c2ccc3ccccc3c2)C(=O)N(CCNC(=O)CCl)C2CC2)C1. The molecule has 0 spiro atoms. The first-order chi connectivity index (χ1) is 20.2. The number of sulfonamides is 1. The predicted molar refractivity (Wildman–Crippen MR) is 161 cm³/mol. The lowest BCUT2D eigenvalue weighted by Crippen LogP contribution is -2.52. The number of piperidine rings is 1. The Morgan fingerprint density at radius 1 is 1.10 bits per heavy atom. The molecule has 2 aromatic carbocycles. The van der Waals surface area contributed by atoms with E-state index in [0.717, 1.165) is 43.0 Å². The van der Waals surface area contributed by atoms with Gasteiger partial charge in [-0.3, -0.25) is 14.4 Å². The Hall–Kier alpha value is -3.42. The molecule has 1 saturated carbocycles. The van der Waals surface area contributed by atoms with Gasteiger partial charge in [-0.2, -0.15) is 9.82 Å². The molecule has 12 nitrogen and oxygen atoms in total. The molecule has 1 heterocycles. The summed E-state index contributed by atoms with van der Waals surface area (Å²) in [7, 11) is -4.17. The van der Waals surface area contributed by atoms with Crippen molar-refractivity contribution >= 4 is 56.5 Å². The van der Waals surface area contributed by atoms with Crippen LogP contribution in [0.5, 0.6) is 0 Å². The molecule has 1 aliphatic heterocycles. The van der Waals surface area contributed by atoms with Gasteiger partial charge in [-0.25, -0.2) is 8.42 Å². The first kappa shape index (κ1) is 31.5. The maximum absolute atomic E-state index is 13.8. The molecule has 228 valence electrons. The number of carbonyl (C=O) groups excluding carboxylic acids is 3. The summed E-state index contributed by atoms with van der Waals surface area (Å²) in [5.41, 5.74) is 0. The minimum absolute atomic E-state index is 0.00405. The summed E-state index contributed by atoms with van der Waals surface area (Å²) in [6.07, 6.45) is 4.56. The summed E-state index contributed by atoms with van der Waals surface area (Å²) in [6, 6.07) is 10.7. The van der Waals surface area contributed by atoms with Crippen molar-refractivity contribution in [2.75, 3.05) is 38.6 Å². The molecule has 1 saturated heterocycles. The van der Waals surface area contributed by atoms with E-state index in [0.29, 0.717) is 13.1 Å². The van der Waals surface area contributed by atoms with Gasteiger partial charge in [-0.15, -0.1) is 11.6 Å². The number of benzene rings is 2. The number of alkyl halides is 1. The van der Waals surface area contributed by atoms with E-state index in [-0.39, 0.29) is 48.2 Å². The highest BCUT2D eigenvalue weighted by Gasteiger charge is 2.38. The van der Waals surface area contributed by atoms with Gasteiger partial charge in [-0.1, -0.05) is 30.3 Å². The van der Waals surface area contributed by atoms with E-state index in [2.05, 4.69) is 20.5 Å². The minimum Gasteiger partial charge on any atom is -0.361 e. The number of nitrogens with two attached hydrogens (primary N) is 1.